The van der Waals surface area contributed by atoms with Crippen LogP contribution in [0, 0.1) is 6.92 Å². The average molecular weight is 353 g/mol. The summed E-state index contributed by atoms with van der Waals surface area (Å²) in [5.74, 6) is 1.41. The fourth-order valence-electron chi connectivity index (χ4n) is 2.96. The Morgan fingerprint density at radius 3 is 2.54 bits per heavy atom. The summed E-state index contributed by atoms with van der Waals surface area (Å²) in [6, 6.07) is 11.3. The van der Waals surface area contributed by atoms with Gasteiger partial charge in [0.25, 0.3) is 5.56 Å². The number of methoxy groups -OCH3 is 2. The summed E-state index contributed by atoms with van der Waals surface area (Å²) in [6.45, 7) is 3.27. The highest BCUT2D eigenvalue weighted by Crippen LogP contribution is 2.28. The van der Waals surface area contributed by atoms with Crippen LogP contribution < -0.4 is 15.0 Å². The minimum Gasteiger partial charge on any atom is -0.493 e. The quantitative estimate of drug-likeness (QED) is 0.682. The summed E-state index contributed by atoms with van der Waals surface area (Å²) in [7, 11) is 5.24. The van der Waals surface area contributed by atoms with Crippen LogP contribution in [-0.2, 0) is 13.1 Å². The summed E-state index contributed by atoms with van der Waals surface area (Å²) in [4.78, 5) is 19.0. The predicted molar refractivity (Wildman–Crippen MR) is 101 cm³/mol. The SMILES string of the molecule is COc1ccc(CN(C)Cc2cc(=O)n3ccc(C)cc3n2)cc1OC. The molecule has 0 aliphatic rings. The van der Waals surface area contributed by atoms with E-state index in [1.54, 1.807) is 30.9 Å². The van der Waals surface area contributed by atoms with Crippen molar-refractivity contribution < 1.29 is 9.47 Å². The van der Waals surface area contributed by atoms with Gasteiger partial charge in [0.15, 0.2) is 11.5 Å². The van der Waals surface area contributed by atoms with E-state index >= 15 is 0 Å². The molecule has 0 aliphatic heterocycles. The van der Waals surface area contributed by atoms with Crippen LogP contribution in [-0.4, -0.2) is 35.6 Å². The van der Waals surface area contributed by atoms with E-state index < -0.39 is 0 Å². The highest BCUT2D eigenvalue weighted by molar-refractivity contribution is 5.43. The third-order valence-electron chi connectivity index (χ3n) is 4.21. The second kappa shape index (κ2) is 7.58. The number of aromatic nitrogens is 2. The molecule has 1 aromatic carbocycles. The summed E-state index contributed by atoms with van der Waals surface area (Å²) in [5.41, 5.74) is 3.53. The Morgan fingerprint density at radius 1 is 1.04 bits per heavy atom. The molecule has 2 heterocycles. The van der Waals surface area contributed by atoms with Crippen molar-refractivity contribution in [3.05, 3.63) is 69.8 Å². The first-order chi connectivity index (χ1) is 12.5. The molecule has 136 valence electrons. The van der Waals surface area contributed by atoms with Gasteiger partial charge in [-0.05, 0) is 49.4 Å². The lowest BCUT2D eigenvalue weighted by Gasteiger charge is -2.17. The maximum absolute atomic E-state index is 12.3. The Kier molecular flexibility index (Phi) is 5.23. The number of fused-ring (bicyclic) bond motifs is 1. The summed E-state index contributed by atoms with van der Waals surface area (Å²) < 4.78 is 12.2. The van der Waals surface area contributed by atoms with E-state index in [0.29, 0.717) is 30.2 Å². The maximum Gasteiger partial charge on any atom is 0.258 e. The van der Waals surface area contributed by atoms with Crippen molar-refractivity contribution in [2.45, 2.75) is 20.0 Å². The number of hydrogen-bond acceptors (Lipinski definition) is 5. The van der Waals surface area contributed by atoms with Crippen molar-refractivity contribution in [2.24, 2.45) is 0 Å². The molecular weight excluding hydrogens is 330 g/mol. The molecule has 6 heteroatoms. The van der Waals surface area contributed by atoms with E-state index in [2.05, 4.69) is 9.88 Å². The molecule has 0 radical (unpaired) electrons. The van der Waals surface area contributed by atoms with Gasteiger partial charge in [0.1, 0.15) is 5.65 Å². The van der Waals surface area contributed by atoms with E-state index in [-0.39, 0.29) is 5.56 Å². The van der Waals surface area contributed by atoms with Gasteiger partial charge in [-0.1, -0.05) is 6.07 Å². The zero-order valence-corrected chi connectivity index (χ0v) is 15.5. The lowest BCUT2D eigenvalue weighted by atomic mass is 10.2. The average Bonchev–Trinajstić information content (AvgIpc) is 2.61. The number of hydrogen-bond donors (Lipinski definition) is 0. The van der Waals surface area contributed by atoms with Gasteiger partial charge in [0.05, 0.1) is 19.9 Å². The monoisotopic (exact) mass is 353 g/mol. The molecule has 0 amide bonds. The molecule has 0 atom stereocenters. The Labute approximate surface area is 152 Å². The molecule has 0 unspecified atom stereocenters. The van der Waals surface area contributed by atoms with Crippen molar-refractivity contribution in [3.63, 3.8) is 0 Å². The summed E-state index contributed by atoms with van der Waals surface area (Å²) >= 11 is 0. The minimum absolute atomic E-state index is 0.0653. The second-order valence-corrected chi connectivity index (χ2v) is 6.38. The molecule has 0 saturated heterocycles. The summed E-state index contributed by atoms with van der Waals surface area (Å²) in [6.07, 6.45) is 1.76. The maximum atomic E-state index is 12.3. The Balaban J connectivity index is 1.79. The molecule has 0 bridgehead atoms. The number of ether oxygens (including phenoxy) is 2. The number of nitrogens with zero attached hydrogens (tertiary/aromatic N) is 3. The van der Waals surface area contributed by atoms with Gasteiger partial charge < -0.3 is 9.47 Å². The lowest BCUT2D eigenvalue weighted by molar-refractivity contribution is 0.312. The van der Waals surface area contributed by atoms with E-state index in [4.69, 9.17) is 9.47 Å². The van der Waals surface area contributed by atoms with Gasteiger partial charge in [-0.15, -0.1) is 0 Å². The van der Waals surface area contributed by atoms with Crippen LogP contribution in [0.3, 0.4) is 0 Å². The molecule has 26 heavy (non-hydrogen) atoms. The van der Waals surface area contributed by atoms with E-state index in [0.717, 1.165) is 16.8 Å². The predicted octanol–water partition coefficient (Wildman–Crippen LogP) is 2.65. The van der Waals surface area contributed by atoms with E-state index in [1.165, 1.54) is 0 Å². The molecule has 0 fully saturated rings. The van der Waals surface area contributed by atoms with Crippen LogP contribution in [0.25, 0.3) is 5.65 Å². The largest absolute Gasteiger partial charge is 0.493 e. The minimum atomic E-state index is -0.0653. The van der Waals surface area contributed by atoms with Gasteiger partial charge in [-0.25, -0.2) is 4.98 Å². The number of aryl methyl sites for hydroxylation is 1. The molecule has 0 saturated carbocycles. The first-order valence-electron chi connectivity index (χ1n) is 8.38. The van der Waals surface area contributed by atoms with Gasteiger partial charge in [-0.2, -0.15) is 0 Å². The molecule has 2 aromatic heterocycles. The van der Waals surface area contributed by atoms with Crippen LogP contribution in [0.1, 0.15) is 16.8 Å². The zero-order chi connectivity index (χ0) is 18.7. The fraction of sp³-hybridized carbons (Fsp3) is 0.300. The van der Waals surface area contributed by atoms with Gasteiger partial charge in [-0.3, -0.25) is 14.1 Å². The molecule has 0 N–H and O–H groups in total. The van der Waals surface area contributed by atoms with Crippen LogP contribution in [0.4, 0.5) is 0 Å². The van der Waals surface area contributed by atoms with Crippen LogP contribution >= 0.6 is 0 Å². The molecule has 0 spiro atoms. The highest BCUT2D eigenvalue weighted by Gasteiger charge is 2.09. The van der Waals surface area contributed by atoms with Crippen molar-refractivity contribution >= 4 is 5.65 Å². The van der Waals surface area contributed by atoms with Crippen molar-refractivity contribution in [2.75, 3.05) is 21.3 Å². The molecule has 0 aliphatic carbocycles. The number of rotatable bonds is 6. The van der Waals surface area contributed by atoms with Crippen molar-refractivity contribution in [1.29, 1.82) is 0 Å². The normalized spacial score (nSPS) is 11.1. The smallest absolute Gasteiger partial charge is 0.258 e. The third-order valence-corrected chi connectivity index (χ3v) is 4.21. The Bertz CT molecular complexity index is 982. The third kappa shape index (κ3) is 3.86. The standard InChI is InChI=1S/C20H23N3O3/c1-14-7-8-23-19(9-14)21-16(11-20(23)24)13-22(2)12-15-5-6-17(25-3)18(10-15)26-4/h5-11H,12-13H2,1-4H3. The first-order valence-corrected chi connectivity index (χ1v) is 8.38. The van der Waals surface area contributed by atoms with Crippen LogP contribution in [0.15, 0.2) is 47.4 Å². The lowest BCUT2D eigenvalue weighted by Crippen LogP contribution is -2.22. The zero-order valence-electron chi connectivity index (χ0n) is 15.5. The first kappa shape index (κ1) is 17.9. The fourth-order valence-corrected chi connectivity index (χ4v) is 2.96. The van der Waals surface area contributed by atoms with Gasteiger partial charge >= 0.3 is 0 Å². The van der Waals surface area contributed by atoms with Crippen molar-refractivity contribution in [3.8, 4) is 11.5 Å². The molecular formula is C20H23N3O3. The van der Waals surface area contributed by atoms with E-state index in [1.807, 2.05) is 44.3 Å². The highest BCUT2D eigenvalue weighted by atomic mass is 16.5. The Hall–Kier alpha value is -2.86. The summed E-state index contributed by atoms with van der Waals surface area (Å²) in [5, 5.41) is 0. The second-order valence-electron chi connectivity index (χ2n) is 6.38. The van der Waals surface area contributed by atoms with Gasteiger partial charge in [0.2, 0.25) is 0 Å². The van der Waals surface area contributed by atoms with Gasteiger partial charge in [0, 0.05) is 25.4 Å². The topological polar surface area (TPSA) is 56.1 Å². The number of benzene rings is 1. The molecule has 6 nitrogen and oxygen atoms in total. The molecule has 3 rings (SSSR count). The van der Waals surface area contributed by atoms with Crippen molar-refractivity contribution in [1.82, 2.24) is 14.3 Å². The number of pyridine rings is 1. The van der Waals surface area contributed by atoms with Crippen LogP contribution in [0.2, 0.25) is 0 Å². The van der Waals surface area contributed by atoms with Crippen LogP contribution in [0.5, 0.6) is 11.5 Å². The Morgan fingerprint density at radius 2 is 1.81 bits per heavy atom. The van der Waals surface area contributed by atoms with E-state index in [9.17, 15) is 4.79 Å². The molecule has 3 aromatic rings.